The van der Waals surface area contributed by atoms with Crippen LogP contribution in [-0.2, 0) is 0 Å². The molecule has 1 nitrogen and oxygen atoms in total. The summed E-state index contributed by atoms with van der Waals surface area (Å²) in [5.41, 5.74) is 2.29. The van der Waals surface area contributed by atoms with Crippen molar-refractivity contribution >= 4 is 5.69 Å². The minimum absolute atomic E-state index is 0.216. The van der Waals surface area contributed by atoms with Gasteiger partial charge in [-0.1, -0.05) is 48.5 Å². The normalized spacial score (nSPS) is 12.1. The maximum Gasteiger partial charge on any atom is 0.0728 e. The van der Waals surface area contributed by atoms with E-state index in [1.54, 1.807) is 0 Å². The molecule has 0 saturated heterocycles. The van der Waals surface area contributed by atoms with E-state index in [9.17, 15) is 0 Å². The van der Waals surface area contributed by atoms with Crippen LogP contribution in [0.4, 0.5) is 5.69 Å². The first kappa shape index (κ1) is 9.78. The summed E-state index contributed by atoms with van der Waals surface area (Å²) >= 11 is 0. The van der Waals surface area contributed by atoms with E-state index >= 15 is 0 Å². The van der Waals surface area contributed by atoms with Gasteiger partial charge in [-0.2, -0.15) is 0 Å². The van der Waals surface area contributed by atoms with Crippen molar-refractivity contribution in [1.29, 1.82) is 0 Å². The quantitative estimate of drug-likeness (QED) is 0.711. The molecule has 1 atom stereocenters. The summed E-state index contributed by atoms with van der Waals surface area (Å²) in [5, 5.41) is 4.63. The smallest absolute Gasteiger partial charge is 0.0728 e. The van der Waals surface area contributed by atoms with E-state index < -0.39 is 0 Å². The van der Waals surface area contributed by atoms with Crippen LogP contribution in [0.25, 0.3) is 0 Å². The van der Waals surface area contributed by atoms with Gasteiger partial charge in [-0.25, -0.2) is 0 Å². The number of hydrogen-bond donors (Lipinski definition) is 0. The fourth-order valence-electron chi connectivity index (χ4n) is 1.54. The average molecular weight is 196 g/mol. The van der Waals surface area contributed by atoms with Gasteiger partial charge in [0.15, 0.2) is 0 Å². The van der Waals surface area contributed by atoms with E-state index in [0.717, 1.165) is 5.69 Å². The highest BCUT2D eigenvalue weighted by Gasteiger charge is 2.05. The molecule has 0 spiro atoms. The Morgan fingerprint density at radius 2 is 1.33 bits per heavy atom. The Hall–Kier alpha value is -1.76. The van der Waals surface area contributed by atoms with Crippen LogP contribution in [0.5, 0.6) is 0 Å². The lowest BCUT2D eigenvalue weighted by atomic mass is 10.1. The Morgan fingerprint density at radius 1 is 0.800 bits per heavy atom. The van der Waals surface area contributed by atoms with Gasteiger partial charge >= 0.3 is 0 Å². The van der Waals surface area contributed by atoms with Crippen molar-refractivity contribution in [3.63, 3.8) is 0 Å². The van der Waals surface area contributed by atoms with Crippen LogP contribution in [0.2, 0.25) is 0 Å². The second kappa shape index (κ2) is 4.65. The molecule has 0 aromatic heterocycles. The fraction of sp³-hybridized carbons (Fsp3) is 0.143. The highest BCUT2D eigenvalue weighted by molar-refractivity contribution is 5.36. The van der Waals surface area contributed by atoms with Crippen LogP contribution < -0.4 is 5.32 Å². The summed E-state index contributed by atoms with van der Waals surface area (Å²) in [6, 6.07) is 20.6. The summed E-state index contributed by atoms with van der Waals surface area (Å²) in [7, 11) is 0. The van der Waals surface area contributed by atoms with Gasteiger partial charge in [-0.3, -0.25) is 5.32 Å². The van der Waals surface area contributed by atoms with E-state index in [2.05, 4.69) is 24.4 Å². The Bertz CT molecular complexity index is 394. The molecular formula is C14H14N. The van der Waals surface area contributed by atoms with Crippen molar-refractivity contribution in [1.82, 2.24) is 5.32 Å². The van der Waals surface area contributed by atoms with E-state index in [4.69, 9.17) is 0 Å². The lowest BCUT2D eigenvalue weighted by molar-refractivity contribution is 0.682. The molecular weight excluding hydrogens is 182 g/mol. The standard InChI is InChI=1S/C14H14N/c1-12(13-8-4-2-5-9-13)15-14-10-6-3-7-11-14/h2-12H,1H3. The van der Waals surface area contributed by atoms with Gasteiger partial charge in [0.05, 0.1) is 11.7 Å². The van der Waals surface area contributed by atoms with Crippen LogP contribution in [0, 0.1) is 0 Å². The lowest BCUT2D eigenvalue weighted by Gasteiger charge is -2.12. The zero-order chi connectivity index (χ0) is 10.5. The van der Waals surface area contributed by atoms with E-state index in [1.807, 2.05) is 48.5 Å². The third kappa shape index (κ3) is 2.59. The molecule has 0 saturated carbocycles. The minimum atomic E-state index is 0.216. The summed E-state index contributed by atoms with van der Waals surface area (Å²) in [6.07, 6.45) is 0. The molecule has 0 heterocycles. The SMILES string of the molecule is CC([N]c1ccccc1)c1ccccc1. The topological polar surface area (TPSA) is 14.1 Å². The van der Waals surface area contributed by atoms with Crippen molar-refractivity contribution in [2.45, 2.75) is 13.0 Å². The Labute approximate surface area is 90.8 Å². The van der Waals surface area contributed by atoms with Crippen LogP contribution in [-0.4, -0.2) is 0 Å². The molecule has 0 aliphatic rings. The molecule has 0 N–H and O–H groups in total. The third-order valence-electron chi connectivity index (χ3n) is 2.38. The van der Waals surface area contributed by atoms with Crippen molar-refractivity contribution in [2.24, 2.45) is 0 Å². The number of benzene rings is 2. The number of nitrogens with zero attached hydrogens (tertiary/aromatic N) is 1. The molecule has 2 rings (SSSR count). The summed E-state index contributed by atoms with van der Waals surface area (Å²) in [4.78, 5) is 0. The van der Waals surface area contributed by atoms with Crippen molar-refractivity contribution in [2.75, 3.05) is 0 Å². The van der Waals surface area contributed by atoms with Gasteiger partial charge in [0.25, 0.3) is 0 Å². The molecule has 0 aliphatic carbocycles. The van der Waals surface area contributed by atoms with Gasteiger partial charge in [0.2, 0.25) is 0 Å². The van der Waals surface area contributed by atoms with Crippen LogP contribution in [0.3, 0.4) is 0 Å². The summed E-state index contributed by atoms with van der Waals surface area (Å²) < 4.78 is 0. The van der Waals surface area contributed by atoms with Crippen molar-refractivity contribution < 1.29 is 0 Å². The van der Waals surface area contributed by atoms with E-state index in [-0.39, 0.29) is 6.04 Å². The molecule has 1 unspecified atom stereocenters. The zero-order valence-electron chi connectivity index (χ0n) is 8.80. The van der Waals surface area contributed by atoms with Gasteiger partial charge in [0.1, 0.15) is 0 Å². The fourth-order valence-corrected chi connectivity index (χ4v) is 1.54. The first-order valence-electron chi connectivity index (χ1n) is 5.17. The largest absolute Gasteiger partial charge is 0.278 e. The summed E-state index contributed by atoms with van der Waals surface area (Å²) in [5.74, 6) is 0. The Balaban J connectivity index is 2.08. The van der Waals surface area contributed by atoms with Crippen molar-refractivity contribution in [3.05, 3.63) is 66.2 Å². The first-order chi connectivity index (χ1) is 7.36. The Kier molecular flexibility index (Phi) is 3.03. The second-order valence-corrected chi connectivity index (χ2v) is 3.55. The zero-order valence-corrected chi connectivity index (χ0v) is 8.80. The van der Waals surface area contributed by atoms with E-state index in [0.29, 0.717) is 0 Å². The lowest BCUT2D eigenvalue weighted by Crippen LogP contribution is -2.04. The molecule has 2 aromatic carbocycles. The molecule has 0 amide bonds. The molecule has 0 aliphatic heterocycles. The molecule has 0 bridgehead atoms. The minimum Gasteiger partial charge on any atom is -0.278 e. The predicted octanol–water partition coefficient (Wildman–Crippen LogP) is 3.68. The molecule has 15 heavy (non-hydrogen) atoms. The number of hydrogen-bond acceptors (Lipinski definition) is 0. The molecule has 0 fully saturated rings. The predicted molar refractivity (Wildman–Crippen MR) is 63.1 cm³/mol. The molecule has 2 aromatic rings. The van der Waals surface area contributed by atoms with Gasteiger partial charge in [0, 0.05) is 0 Å². The van der Waals surface area contributed by atoms with Gasteiger partial charge in [-0.15, -0.1) is 0 Å². The number of para-hydroxylation sites is 1. The number of rotatable bonds is 3. The highest BCUT2D eigenvalue weighted by Crippen LogP contribution is 2.18. The van der Waals surface area contributed by atoms with Crippen LogP contribution in [0.15, 0.2) is 60.7 Å². The van der Waals surface area contributed by atoms with Crippen LogP contribution in [0.1, 0.15) is 18.5 Å². The van der Waals surface area contributed by atoms with Gasteiger partial charge < -0.3 is 0 Å². The molecule has 75 valence electrons. The molecule has 1 radical (unpaired) electrons. The maximum atomic E-state index is 4.63. The maximum absolute atomic E-state index is 4.63. The molecule has 1 heteroatoms. The highest BCUT2D eigenvalue weighted by atomic mass is 14.9. The first-order valence-corrected chi connectivity index (χ1v) is 5.17. The Morgan fingerprint density at radius 3 is 1.93 bits per heavy atom. The van der Waals surface area contributed by atoms with Gasteiger partial charge in [-0.05, 0) is 24.6 Å². The van der Waals surface area contributed by atoms with Crippen LogP contribution >= 0.6 is 0 Å². The summed E-state index contributed by atoms with van der Waals surface area (Å²) in [6.45, 7) is 2.11. The van der Waals surface area contributed by atoms with E-state index in [1.165, 1.54) is 5.56 Å². The van der Waals surface area contributed by atoms with Crippen molar-refractivity contribution in [3.8, 4) is 0 Å². The second-order valence-electron chi connectivity index (χ2n) is 3.55. The monoisotopic (exact) mass is 196 g/mol. The third-order valence-corrected chi connectivity index (χ3v) is 2.38. The average Bonchev–Trinajstić information content (AvgIpc) is 2.31.